The van der Waals surface area contributed by atoms with Crippen molar-refractivity contribution in [3.63, 3.8) is 0 Å². The third-order valence-corrected chi connectivity index (χ3v) is 2.88. The molecule has 19 heavy (non-hydrogen) atoms. The number of hydrogen-bond acceptors (Lipinski definition) is 2. The quantitative estimate of drug-likeness (QED) is 0.892. The van der Waals surface area contributed by atoms with Crippen LogP contribution in [0.5, 0.6) is 5.75 Å². The van der Waals surface area contributed by atoms with Crippen molar-refractivity contribution in [1.29, 1.82) is 0 Å². The summed E-state index contributed by atoms with van der Waals surface area (Å²) in [5.41, 5.74) is 2.58. The molecular formula is C16H16O3. The average molecular weight is 256 g/mol. The summed E-state index contributed by atoms with van der Waals surface area (Å²) in [5.74, 6) is -0.0461. The van der Waals surface area contributed by atoms with Gasteiger partial charge >= 0.3 is 5.97 Å². The van der Waals surface area contributed by atoms with Crippen LogP contribution in [0.15, 0.2) is 48.5 Å². The maximum absolute atomic E-state index is 10.7. The Morgan fingerprint density at radius 3 is 2.26 bits per heavy atom. The van der Waals surface area contributed by atoms with Crippen LogP contribution in [0.4, 0.5) is 0 Å². The zero-order valence-electron chi connectivity index (χ0n) is 10.8. The van der Waals surface area contributed by atoms with Crippen LogP contribution in [0.3, 0.4) is 0 Å². The zero-order valence-corrected chi connectivity index (χ0v) is 10.8. The van der Waals surface area contributed by atoms with Gasteiger partial charge in [0, 0.05) is 6.42 Å². The van der Waals surface area contributed by atoms with E-state index < -0.39 is 5.97 Å². The molecule has 2 aromatic carbocycles. The molecule has 0 radical (unpaired) electrons. The van der Waals surface area contributed by atoms with Crippen molar-refractivity contribution < 1.29 is 14.6 Å². The monoisotopic (exact) mass is 256 g/mol. The second-order valence-electron chi connectivity index (χ2n) is 4.41. The van der Waals surface area contributed by atoms with Gasteiger partial charge in [-0.25, -0.2) is 4.79 Å². The number of carbonyl (C=O) groups is 1. The Kier molecular flexibility index (Phi) is 4.18. The Bertz CT molecular complexity index is 541. The molecular weight excluding hydrogens is 240 g/mol. The lowest BCUT2D eigenvalue weighted by atomic mass is 10.1. The highest BCUT2D eigenvalue weighted by Crippen LogP contribution is 2.12. The standard InChI is InChI=1S/C16H16O3/c1-12-2-8-15(9-3-12)19-11-10-13-4-6-14(7-5-13)16(17)18/h2-9H,10-11H2,1H3,(H,17,18). The predicted octanol–water partition coefficient (Wildman–Crippen LogP) is 3.31. The summed E-state index contributed by atoms with van der Waals surface area (Å²) in [6.07, 6.45) is 0.758. The first-order valence-corrected chi connectivity index (χ1v) is 6.17. The predicted molar refractivity (Wildman–Crippen MR) is 73.8 cm³/mol. The van der Waals surface area contributed by atoms with Crippen LogP contribution in [0.1, 0.15) is 21.5 Å². The van der Waals surface area contributed by atoms with Crippen molar-refractivity contribution in [2.75, 3.05) is 6.61 Å². The molecule has 2 rings (SSSR count). The van der Waals surface area contributed by atoms with Gasteiger partial charge in [0.05, 0.1) is 12.2 Å². The molecule has 0 spiro atoms. The fraction of sp³-hybridized carbons (Fsp3) is 0.188. The van der Waals surface area contributed by atoms with E-state index in [1.165, 1.54) is 5.56 Å². The van der Waals surface area contributed by atoms with E-state index in [9.17, 15) is 4.79 Å². The van der Waals surface area contributed by atoms with Crippen LogP contribution in [0.2, 0.25) is 0 Å². The van der Waals surface area contributed by atoms with Crippen molar-refractivity contribution in [1.82, 2.24) is 0 Å². The van der Waals surface area contributed by atoms with E-state index in [0.717, 1.165) is 17.7 Å². The Morgan fingerprint density at radius 1 is 1.05 bits per heavy atom. The van der Waals surface area contributed by atoms with Gasteiger partial charge in [0.2, 0.25) is 0 Å². The molecule has 0 aliphatic rings. The number of carboxylic acids is 1. The molecule has 0 aromatic heterocycles. The molecule has 0 saturated heterocycles. The third kappa shape index (κ3) is 3.85. The highest BCUT2D eigenvalue weighted by Gasteiger charge is 2.01. The van der Waals surface area contributed by atoms with Gasteiger partial charge in [-0.3, -0.25) is 0 Å². The molecule has 0 aliphatic carbocycles. The van der Waals surface area contributed by atoms with Crippen LogP contribution < -0.4 is 4.74 Å². The zero-order chi connectivity index (χ0) is 13.7. The normalized spacial score (nSPS) is 10.2. The van der Waals surface area contributed by atoms with E-state index in [4.69, 9.17) is 9.84 Å². The summed E-state index contributed by atoms with van der Waals surface area (Å²) in [6, 6.07) is 14.8. The molecule has 0 atom stereocenters. The van der Waals surface area contributed by atoms with E-state index in [1.54, 1.807) is 12.1 Å². The second kappa shape index (κ2) is 6.05. The lowest BCUT2D eigenvalue weighted by molar-refractivity contribution is 0.0697. The summed E-state index contributed by atoms with van der Waals surface area (Å²) in [6.45, 7) is 2.61. The van der Waals surface area contributed by atoms with Gasteiger partial charge in [-0.05, 0) is 36.8 Å². The first kappa shape index (κ1) is 13.1. The van der Waals surface area contributed by atoms with E-state index in [2.05, 4.69) is 0 Å². The topological polar surface area (TPSA) is 46.5 Å². The van der Waals surface area contributed by atoms with Crippen LogP contribution in [-0.4, -0.2) is 17.7 Å². The summed E-state index contributed by atoms with van der Waals surface area (Å²) in [7, 11) is 0. The number of rotatable bonds is 5. The molecule has 0 bridgehead atoms. The van der Waals surface area contributed by atoms with E-state index in [-0.39, 0.29) is 0 Å². The van der Waals surface area contributed by atoms with E-state index in [1.807, 2.05) is 43.3 Å². The molecule has 0 heterocycles. The second-order valence-corrected chi connectivity index (χ2v) is 4.41. The molecule has 0 fully saturated rings. The van der Waals surface area contributed by atoms with Crippen LogP contribution in [0.25, 0.3) is 0 Å². The molecule has 0 aliphatic heterocycles. The molecule has 0 saturated carbocycles. The first-order valence-electron chi connectivity index (χ1n) is 6.17. The van der Waals surface area contributed by atoms with Crippen molar-refractivity contribution in [3.8, 4) is 5.75 Å². The summed E-state index contributed by atoms with van der Waals surface area (Å²) in [4.78, 5) is 10.7. The number of benzene rings is 2. The summed E-state index contributed by atoms with van der Waals surface area (Å²) < 4.78 is 5.63. The fourth-order valence-electron chi connectivity index (χ4n) is 1.74. The maximum atomic E-state index is 10.7. The van der Waals surface area contributed by atoms with E-state index >= 15 is 0 Å². The molecule has 2 aromatic rings. The highest BCUT2D eigenvalue weighted by atomic mass is 16.5. The third-order valence-electron chi connectivity index (χ3n) is 2.88. The highest BCUT2D eigenvalue weighted by molar-refractivity contribution is 5.87. The fourth-order valence-corrected chi connectivity index (χ4v) is 1.74. The minimum absolute atomic E-state index is 0.309. The van der Waals surface area contributed by atoms with Gasteiger partial charge in [0.1, 0.15) is 5.75 Å². The smallest absolute Gasteiger partial charge is 0.335 e. The lowest BCUT2D eigenvalue weighted by Gasteiger charge is -2.06. The maximum Gasteiger partial charge on any atom is 0.335 e. The van der Waals surface area contributed by atoms with Crippen molar-refractivity contribution in [2.45, 2.75) is 13.3 Å². The van der Waals surface area contributed by atoms with Crippen LogP contribution in [0, 0.1) is 6.92 Å². The van der Waals surface area contributed by atoms with Gasteiger partial charge in [0.15, 0.2) is 0 Å². The Morgan fingerprint density at radius 2 is 1.68 bits per heavy atom. The lowest BCUT2D eigenvalue weighted by Crippen LogP contribution is -2.02. The Hall–Kier alpha value is -2.29. The van der Waals surface area contributed by atoms with Crippen molar-refractivity contribution in [2.24, 2.45) is 0 Å². The first-order chi connectivity index (χ1) is 9.15. The molecule has 0 amide bonds. The van der Waals surface area contributed by atoms with Gasteiger partial charge in [-0.15, -0.1) is 0 Å². The summed E-state index contributed by atoms with van der Waals surface area (Å²) >= 11 is 0. The Balaban J connectivity index is 1.85. The van der Waals surface area contributed by atoms with E-state index in [0.29, 0.717) is 12.2 Å². The minimum atomic E-state index is -0.901. The summed E-state index contributed by atoms with van der Waals surface area (Å²) in [5, 5.41) is 8.80. The van der Waals surface area contributed by atoms with Gasteiger partial charge in [-0.2, -0.15) is 0 Å². The number of aromatic carboxylic acids is 1. The molecule has 0 unspecified atom stereocenters. The SMILES string of the molecule is Cc1ccc(OCCc2ccc(C(=O)O)cc2)cc1. The molecule has 3 heteroatoms. The van der Waals surface area contributed by atoms with Gasteiger partial charge in [0.25, 0.3) is 0 Å². The van der Waals surface area contributed by atoms with Crippen molar-refractivity contribution >= 4 is 5.97 Å². The van der Waals surface area contributed by atoms with Gasteiger partial charge < -0.3 is 9.84 Å². The molecule has 98 valence electrons. The van der Waals surface area contributed by atoms with Crippen LogP contribution in [-0.2, 0) is 6.42 Å². The number of ether oxygens (including phenoxy) is 1. The van der Waals surface area contributed by atoms with Crippen molar-refractivity contribution in [3.05, 3.63) is 65.2 Å². The number of carboxylic acid groups (broad SMARTS) is 1. The molecule has 1 N–H and O–H groups in total. The Labute approximate surface area is 112 Å². The largest absolute Gasteiger partial charge is 0.493 e. The average Bonchev–Trinajstić information content (AvgIpc) is 2.41. The van der Waals surface area contributed by atoms with Crippen LogP contribution >= 0.6 is 0 Å². The van der Waals surface area contributed by atoms with Gasteiger partial charge in [-0.1, -0.05) is 29.8 Å². The minimum Gasteiger partial charge on any atom is -0.493 e. The number of aryl methyl sites for hydroxylation is 1. The molecule has 3 nitrogen and oxygen atoms in total. The number of hydrogen-bond donors (Lipinski definition) is 1.